The van der Waals surface area contributed by atoms with Crippen LogP contribution in [-0.2, 0) is 10.3 Å². The van der Waals surface area contributed by atoms with Gasteiger partial charge in [0.1, 0.15) is 5.60 Å². The first-order valence-electron chi connectivity index (χ1n) is 7.61. The Morgan fingerprint density at radius 3 is 2.80 bits per heavy atom. The molecule has 0 bridgehead atoms. The number of ether oxygens (including phenoxy) is 1. The van der Waals surface area contributed by atoms with Crippen molar-refractivity contribution in [1.82, 2.24) is 10.1 Å². The molecule has 0 saturated heterocycles. The lowest BCUT2D eigenvalue weighted by Crippen LogP contribution is -2.36. The minimum Gasteiger partial charge on any atom is -0.367 e. The Balaban J connectivity index is 2.21. The Hall–Kier alpha value is -1.10. The third kappa shape index (κ3) is 3.51. The summed E-state index contributed by atoms with van der Waals surface area (Å²) in [6.45, 7) is 11.2. The summed E-state index contributed by atoms with van der Waals surface area (Å²) in [6, 6.07) is 0.477. The molecule has 1 saturated carbocycles. The third-order valence-electron chi connectivity index (χ3n) is 3.69. The first kappa shape index (κ1) is 15.3. The monoisotopic (exact) mass is 281 g/mol. The van der Waals surface area contributed by atoms with Crippen LogP contribution in [0.5, 0.6) is 0 Å². The summed E-state index contributed by atoms with van der Waals surface area (Å²) in [4.78, 5) is 4.53. The smallest absolute Gasteiger partial charge is 0.321 e. The highest BCUT2D eigenvalue weighted by Crippen LogP contribution is 2.42. The zero-order valence-corrected chi connectivity index (χ0v) is 13.3. The average molecular weight is 281 g/mol. The molecule has 2 rings (SSSR count). The van der Waals surface area contributed by atoms with E-state index in [1.54, 1.807) is 0 Å². The Kier molecular flexibility index (Phi) is 4.37. The number of hydrogen-bond acceptors (Lipinski definition) is 5. The van der Waals surface area contributed by atoms with Crippen LogP contribution in [0.25, 0.3) is 0 Å². The second-order valence-electron chi connectivity index (χ2n) is 6.93. The predicted octanol–water partition coefficient (Wildman–Crippen LogP) is 3.72. The highest BCUT2D eigenvalue weighted by Gasteiger charge is 2.41. The maximum atomic E-state index is 6.06. The quantitative estimate of drug-likeness (QED) is 0.911. The van der Waals surface area contributed by atoms with E-state index in [2.05, 4.69) is 43.2 Å². The summed E-state index contributed by atoms with van der Waals surface area (Å²) in [7, 11) is 0. The minimum atomic E-state index is -0.367. The lowest BCUT2D eigenvalue weighted by molar-refractivity contribution is -0.0891. The van der Waals surface area contributed by atoms with Gasteiger partial charge in [-0.3, -0.25) is 0 Å². The van der Waals surface area contributed by atoms with E-state index in [1.807, 2.05) is 6.92 Å². The molecule has 2 atom stereocenters. The van der Waals surface area contributed by atoms with Crippen LogP contribution in [0.1, 0.15) is 66.1 Å². The Morgan fingerprint density at radius 1 is 1.45 bits per heavy atom. The van der Waals surface area contributed by atoms with Crippen LogP contribution in [0.3, 0.4) is 0 Å². The average Bonchev–Trinajstić information content (AvgIpc) is 2.76. The van der Waals surface area contributed by atoms with Crippen LogP contribution in [0.15, 0.2) is 4.52 Å². The molecule has 0 aromatic carbocycles. The number of nitrogens with one attached hydrogen (secondary N) is 1. The van der Waals surface area contributed by atoms with Gasteiger partial charge in [-0.1, -0.05) is 18.5 Å². The second-order valence-corrected chi connectivity index (χ2v) is 6.93. The first-order chi connectivity index (χ1) is 9.35. The topological polar surface area (TPSA) is 60.2 Å². The van der Waals surface area contributed by atoms with Gasteiger partial charge in [-0.05, 0) is 52.9 Å². The molecule has 1 aromatic rings. The fourth-order valence-corrected chi connectivity index (χ4v) is 2.96. The minimum absolute atomic E-state index is 0.0948. The van der Waals surface area contributed by atoms with Crippen molar-refractivity contribution in [3.8, 4) is 0 Å². The van der Waals surface area contributed by atoms with Crippen molar-refractivity contribution in [3.05, 3.63) is 5.82 Å². The van der Waals surface area contributed by atoms with E-state index in [0.29, 0.717) is 24.4 Å². The Bertz CT molecular complexity index is 435. The maximum absolute atomic E-state index is 6.06. The van der Waals surface area contributed by atoms with E-state index in [0.717, 1.165) is 19.3 Å². The third-order valence-corrected chi connectivity index (χ3v) is 3.69. The van der Waals surface area contributed by atoms with Crippen molar-refractivity contribution in [2.24, 2.45) is 5.92 Å². The van der Waals surface area contributed by atoms with E-state index in [9.17, 15) is 0 Å². The van der Waals surface area contributed by atoms with E-state index < -0.39 is 0 Å². The molecule has 0 aliphatic heterocycles. The van der Waals surface area contributed by atoms with Crippen LogP contribution >= 0.6 is 0 Å². The van der Waals surface area contributed by atoms with Crippen LogP contribution in [0.2, 0.25) is 0 Å². The van der Waals surface area contributed by atoms with Gasteiger partial charge >= 0.3 is 6.01 Å². The molecule has 5 heteroatoms. The number of anilines is 1. The molecule has 1 aliphatic rings. The van der Waals surface area contributed by atoms with Crippen molar-refractivity contribution in [3.63, 3.8) is 0 Å². The lowest BCUT2D eigenvalue weighted by Gasteiger charge is -2.37. The molecule has 1 heterocycles. The normalized spacial score (nSPS) is 27.6. The summed E-state index contributed by atoms with van der Waals surface area (Å²) in [5, 5.41) is 7.39. The van der Waals surface area contributed by atoms with E-state index in [1.165, 1.54) is 6.42 Å². The van der Waals surface area contributed by atoms with Gasteiger partial charge in [0.25, 0.3) is 0 Å². The molecule has 1 N–H and O–H groups in total. The van der Waals surface area contributed by atoms with E-state index >= 15 is 0 Å². The van der Waals surface area contributed by atoms with Crippen molar-refractivity contribution in [1.29, 1.82) is 0 Å². The van der Waals surface area contributed by atoms with Crippen molar-refractivity contribution < 1.29 is 9.26 Å². The highest BCUT2D eigenvalue weighted by atomic mass is 16.5. The Morgan fingerprint density at radius 2 is 2.20 bits per heavy atom. The molecule has 114 valence electrons. The first-order valence-corrected chi connectivity index (χ1v) is 7.61. The van der Waals surface area contributed by atoms with Crippen molar-refractivity contribution in [2.75, 3.05) is 11.9 Å². The molecule has 1 fully saturated rings. The van der Waals surface area contributed by atoms with E-state index in [-0.39, 0.29) is 11.1 Å². The molecule has 0 radical (unpaired) electrons. The highest BCUT2D eigenvalue weighted by molar-refractivity contribution is 5.24. The van der Waals surface area contributed by atoms with Crippen LogP contribution in [-0.4, -0.2) is 22.3 Å². The molecule has 0 amide bonds. The van der Waals surface area contributed by atoms with Crippen LogP contribution in [0.4, 0.5) is 6.01 Å². The molecule has 1 aromatic heterocycles. The summed E-state index contributed by atoms with van der Waals surface area (Å²) in [5.41, 5.74) is -0.462. The standard InChI is InChI=1S/C15H27N3O2/c1-6-19-15(9-7-8-11(2)10-15)12-16-13(20-18-12)17-14(3,4)5/h11H,6-10H2,1-5H3,(H,16,17,18). The van der Waals surface area contributed by atoms with Gasteiger partial charge in [0.15, 0.2) is 0 Å². The maximum Gasteiger partial charge on any atom is 0.321 e. The fraction of sp³-hybridized carbons (Fsp3) is 0.867. The second kappa shape index (κ2) is 5.72. The molecule has 5 nitrogen and oxygen atoms in total. The van der Waals surface area contributed by atoms with Gasteiger partial charge in [-0.2, -0.15) is 4.98 Å². The zero-order chi connectivity index (χ0) is 14.8. The summed E-state index contributed by atoms with van der Waals surface area (Å²) >= 11 is 0. The summed E-state index contributed by atoms with van der Waals surface area (Å²) in [6.07, 6.45) is 4.34. The van der Waals surface area contributed by atoms with Crippen molar-refractivity contribution in [2.45, 2.75) is 71.4 Å². The predicted molar refractivity (Wildman–Crippen MR) is 78.6 cm³/mol. The molecule has 0 spiro atoms. The number of hydrogen-bond donors (Lipinski definition) is 1. The SMILES string of the molecule is CCOC1(c2noc(NC(C)(C)C)n2)CCCC(C)C1. The number of aromatic nitrogens is 2. The van der Waals surface area contributed by atoms with Gasteiger partial charge in [-0.15, -0.1) is 0 Å². The number of nitrogens with zero attached hydrogens (tertiary/aromatic N) is 2. The van der Waals surface area contributed by atoms with Gasteiger partial charge in [-0.25, -0.2) is 0 Å². The largest absolute Gasteiger partial charge is 0.367 e. The van der Waals surface area contributed by atoms with Crippen LogP contribution < -0.4 is 5.32 Å². The van der Waals surface area contributed by atoms with Gasteiger partial charge < -0.3 is 14.6 Å². The van der Waals surface area contributed by atoms with E-state index in [4.69, 9.17) is 9.26 Å². The van der Waals surface area contributed by atoms with Gasteiger partial charge in [0.05, 0.1) is 0 Å². The molecular weight excluding hydrogens is 254 g/mol. The Labute approximate surface area is 121 Å². The van der Waals surface area contributed by atoms with Gasteiger partial charge in [0, 0.05) is 12.1 Å². The zero-order valence-electron chi connectivity index (χ0n) is 13.3. The molecular formula is C15H27N3O2. The summed E-state index contributed by atoms with van der Waals surface area (Å²) < 4.78 is 11.4. The number of rotatable bonds is 4. The molecule has 20 heavy (non-hydrogen) atoms. The summed E-state index contributed by atoms with van der Waals surface area (Å²) in [5.74, 6) is 1.32. The molecule has 2 unspecified atom stereocenters. The lowest BCUT2D eigenvalue weighted by atomic mass is 9.78. The van der Waals surface area contributed by atoms with Crippen LogP contribution in [0, 0.1) is 5.92 Å². The molecule has 1 aliphatic carbocycles. The fourth-order valence-electron chi connectivity index (χ4n) is 2.96. The van der Waals surface area contributed by atoms with Gasteiger partial charge in [0.2, 0.25) is 5.82 Å². The van der Waals surface area contributed by atoms with Crippen molar-refractivity contribution >= 4 is 6.01 Å².